The molecule has 3 rings (SSSR count). The van der Waals surface area contributed by atoms with Crippen molar-refractivity contribution < 1.29 is 9.18 Å². The number of hydrogen-bond acceptors (Lipinski definition) is 5. The molecule has 22 heavy (non-hydrogen) atoms. The Labute approximate surface area is 131 Å². The summed E-state index contributed by atoms with van der Waals surface area (Å²) in [4.78, 5) is 13.7. The van der Waals surface area contributed by atoms with Crippen LogP contribution < -0.4 is 5.73 Å². The number of primary amides is 1. The van der Waals surface area contributed by atoms with Crippen molar-refractivity contribution in [1.82, 2.24) is 20.3 Å². The standard InChI is InChI=1S/C14H16FN5OS/c15-10-1-2-11(12-13(14(16)21)18-19-17-12)9(7-10)8-20-3-5-22-6-4-20/h1-2,7H,3-6,8H2,(H2,16,21)(H,17,18,19). The number of amides is 1. The van der Waals surface area contributed by atoms with E-state index in [0.717, 1.165) is 30.2 Å². The summed E-state index contributed by atoms with van der Waals surface area (Å²) in [6, 6.07) is 4.45. The Kier molecular flexibility index (Phi) is 4.39. The molecule has 1 saturated heterocycles. The number of halogens is 1. The summed E-state index contributed by atoms with van der Waals surface area (Å²) >= 11 is 1.92. The number of nitrogens with one attached hydrogen (secondary N) is 1. The summed E-state index contributed by atoms with van der Waals surface area (Å²) in [7, 11) is 0. The molecule has 1 aromatic heterocycles. The molecule has 1 aliphatic heterocycles. The molecule has 1 aliphatic rings. The SMILES string of the molecule is NC(=O)c1n[nH]nc1-c1ccc(F)cc1CN1CCSCC1. The maximum Gasteiger partial charge on any atom is 0.271 e. The Morgan fingerprint density at radius 2 is 2.14 bits per heavy atom. The van der Waals surface area contributed by atoms with Gasteiger partial charge in [0, 0.05) is 36.7 Å². The van der Waals surface area contributed by atoms with Crippen molar-refractivity contribution in [3.63, 3.8) is 0 Å². The van der Waals surface area contributed by atoms with Gasteiger partial charge in [-0.25, -0.2) is 4.39 Å². The molecule has 1 amide bonds. The molecule has 0 unspecified atom stereocenters. The summed E-state index contributed by atoms with van der Waals surface area (Å²) < 4.78 is 13.6. The molecular formula is C14H16FN5OS. The number of nitrogens with zero attached hydrogens (tertiary/aromatic N) is 3. The fraction of sp³-hybridized carbons (Fsp3) is 0.357. The molecule has 1 aromatic carbocycles. The van der Waals surface area contributed by atoms with Crippen molar-refractivity contribution in [2.45, 2.75) is 6.54 Å². The fourth-order valence-corrected chi connectivity index (χ4v) is 3.49. The average molecular weight is 321 g/mol. The zero-order chi connectivity index (χ0) is 15.5. The highest BCUT2D eigenvalue weighted by atomic mass is 32.2. The Hall–Kier alpha value is -1.93. The van der Waals surface area contributed by atoms with Crippen LogP contribution in [0.15, 0.2) is 18.2 Å². The summed E-state index contributed by atoms with van der Waals surface area (Å²) in [6.45, 7) is 2.53. The third-order valence-electron chi connectivity index (χ3n) is 3.60. The van der Waals surface area contributed by atoms with Crippen LogP contribution in [0.4, 0.5) is 4.39 Å². The lowest BCUT2D eigenvalue weighted by Gasteiger charge is -2.26. The van der Waals surface area contributed by atoms with Crippen LogP contribution in [-0.4, -0.2) is 50.8 Å². The van der Waals surface area contributed by atoms with Crippen molar-refractivity contribution in [2.24, 2.45) is 5.73 Å². The van der Waals surface area contributed by atoms with Gasteiger partial charge in [-0.3, -0.25) is 9.69 Å². The van der Waals surface area contributed by atoms with E-state index >= 15 is 0 Å². The lowest BCUT2D eigenvalue weighted by molar-refractivity contribution is 0.0996. The fourth-order valence-electron chi connectivity index (χ4n) is 2.51. The summed E-state index contributed by atoms with van der Waals surface area (Å²) in [5.74, 6) is 1.17. The van der Waals surface area contributed by atoms with E-state index in [2.05, 4.69) is 20.3 Å². The van der Waals surface area contributed by atoms with Crippen molar-refractivity contribution in [2.75, 3.05) is 24.6 Å². The second-order valence-corrected chi connectivity index (χ2v) is 6.30. The topological polar surface area (TPSA) is 87.9 Å². The quantitative estimate of drug-likeness (QED) is 0.885. The normalized spacial score (nSPS) is 15.9. The number of benzene rings is 1. The van der Waals surface area contributed by atoms with Gasteiger partial charge in [0.25, 0.3) is 5.91 Å². The molecule has 6 nitrogen and oxygen atoms in total. The van der Waals surface area contributed by atoms with Crippen LogP contribution in [0.3, 0.4) is 0 Å². The minimum atomic E-state index is -0.659. The number of aromatic nitrogens is 3. The molecule has 1 fully saturated rings. The molecule has 0 aliphatic carbocycles. The first-order valence-electron chi connectivity index (χ1n) is 6.94. The third-order valence-corrected chi connectivity index (χ3v) is 4.54. The minimum absolute atomic E-state index is 0.0713. The Morgan fingerprint density at radius 3 is 2.86 bits per heavy atom. The molecule has 0 saturated carbocycles. The molecule has 0 spiro atoms. The van der Waals surface area contributed by atoms with E-state index < -0.39 is 5.91 Å². The smallest absolute Gasteiger partial charge is 0.271 e. The van der Waals surface area contributed by atoms with Crippen molar-refractivity contribution >= 4 is 17.7 Å². The van der Waals surface area contributed by atoms with E-state index in [1.807, 2.05) is 11.8 Å². The summed E-state index contributed by atoms with van der Waals surface area (Å²) in [5, 5.41) is 10.2. The van der Waals surface area contributed by atoms with Gasteiger partial charge in [-0.2, -0.15) is 27.2 Å². The number of H-pyrrole nitrogens is 1. The van der Waals surface area contributed by atoms with Crippen LogP contribution >= 0.6 is 11.8 Å². The lowest BCUT2D eigenvalue weighted by atomic mass is 10.0. The van der Waals surface area contributed by atoms with Crippen molar-refractivity contribution in [3.8, 4) is 11.3 Å². The van der Waals surface area contributed by atoms with E-state index in [9.17, 15) is 9.18 Å². The number of aromatic amines is 1. The number of thioether (sulfide) groups is 1. The largest absolute Gasteiger partial charge is 0.364 e. The number of carbonyl (C=O) groups excluding carboxylic acids is 1. The monoisotopic (exact) mass is 321 g/mol. The first kappa shape index (κ1) is 15.0. The van der Waals surface area contributed by atoms with Crippen LogP contribution in [0.25, 0.3) is 11.3 Å². The third kappa shape index (κ3) is 3.12. The zero-order valence-corrected chi connectivity index (χ0v) is 12.7. The number of rotatable bonds is 4. The van der Waals surface area contributed by atoms with Crippen molar-refractivity contribution in [3.05, 3.63) is 35.3 Å². The zero-order valence-electron chi connectivity index (χ0n) is 11.9. The Morgan fingerprint density at radius 1 is 1.36 bits per heavy atom. The van der Waals surface area contributed by atoms with E-state index in [0.29, 0.717) is 17.8 Å². The first-order chi connectivity index (χ1) is 10.6. The van der Waals surface area contributed by atoms with E-state index in [1.165, 1.54) is 12.1 Å². The predicted octanol–water partition coefficient (Wildman–Crippen LogP) is 1.26. The molecule has 0 atom stereocenters. The van der Waals surface area contributed by atoms with Crippen LogP contribution in [0.5, 0.6) is 0 Å². The van der Waals surface area contributed by atoms with Crippen molar-refractivity contribution in [1.29, 1.82) is 0 Å². The maximum absolute atomic E-state index is 13.6. The van der Waals surface area contributed by atoms with Crippen LogP contribution in [0.2, 0.25) is 0 Å². The van der Waals surface area contributed by atoms with Gasteiger partial charge >= 0.3 is 0 Å². The second-order valence-electron chi connectivity index (χ2n) is 5.08. The van der Waals surface area contributed by atoms with Gasteiger partial charge in [0.2, 0.25) is 0 Å². The lowest BCUT2D eigenvalue weighted by Crippen LogP contribution is -2.32. The Balaban J connectivity index is 1.96. The van der Waals surface area contributed by atoms with E-state index in [4.69, 9.17) is 5.73 Å². The molecule has 0 bridgehead atoms. The molecule has 116 valence electrons. The van der Waals surface area contributed by atoms with E-state index in [-0.39, 0.29) is 11.5 Å². The number of carbonyl (C=O) groups is 1. The van der Waals surface area contributed by atoms with Gasteiger partial charge in [0.05, 0.1) is 0 Å². The highest BCUT2D eigenvalue weighted by Gasteiger charge is 2.20. The van der Waals surface area contributed by atoms with Crippen LogP contribution in [0.1, 0.15) is 16.1 Å². The molecule has 2 aromatic rings. The van der Waals surface area contributed by atoms with Crippen LogP contribution in [0, 0.1) is 5.82 Å². The number of nitrogens with two attached hydrogens (primary N) is 1. The van der Waals surface area contributed by atoms with E-state index in [1.54, 1.807) is 6.07 Å². The molecule has 0 radical (unpaired) electrons. The van der Waals surface area contributed by atoms with Gasteiger partial charge in [0.15, 0.2) is 5.69 Å². The highest BCUT2D eigenvalue weighted by molar-refractivity contribution is 7.99. The maximum atomic E-state index is 13.6. The minimum Gasteiger partial charge on any atom is -0.364 e. The van der Waals surface area contributed by atoms with Gasteiger partial charge in [-0.05, 0) is 23.8 Å². The second kappa shape index (κ2) is 6.45. The Bertz CT molecular complexity index is 684. The van der Waals surface area contributed by atoms with Gasteiger partial charge in [-0.1, -0.05) is 0 Å². The highest BCUT2D eigenvalue weighted by Crippen LogP contribution is 2.26. The molecule has 2 heterocycles. The predicted molar refractivity (Wildman–Crippen MR) is 82.9 cm³/mol. The first-order valence-corrected chi connectivity index (χ1v) is 8.10. The molecular weight excluding hydrogens is 305 g/mol. The summed E-state index contributed by atoms with van der Waals surface area (Å²) in [5.41, 5.74) is 7.22. The van der Waals surface area contributed by atoms with Gasteiger partial charge < -0.3 is 5.73 Å². The summed E-state index contributed by atoms with van der Waals surface area (Å²) in [6.07, 6.45) is 0. The van der Waals surface area contributed by atoms with Crippen LogP contribution in [-0.2, 0) is 6.54 Å². The van der Waals surface area contributed by atoms with Gasteiger partial charge in [-0.15, -0.1) is 0 Å². The molecule has 3 N–H and O–H groups in total. The number of hydrogen-bond donors (Lipinski definition) is 2. The average Bonchev–Trinajstić information content (AvgIpc) is 2.98. The molecule has 8 heteroatoms. The van der Waals surface area contributed by atoms with Gasteiger partial charge in [0.1, 0.15) is 11.5 Å².